The van der Waals surface area contributed by atoms with Crippen LogP contribution in [0.15, 0.2) is 29.2 Å². The van der Waals surface area contributed by atoms with Crippen molar-refractivity contribution in [2.24, 2.45) is 5.73 Å². The molecule has 3 N–H and O–H groups in total. The summed E-state index contributed by atoms with van der Waals surface area (Å²) in [5, 5.41) is 0. The Morgan fingerprint density at radius 3 is 2.42 bits per heavy atom. The van der Waals surface area contributed by atoms with Crippen molar-refractivity contribution in [2.75, 3.05) is 6.54 Å². The molecule has 0 fully saturated rings. The molecule has 0 bridgehead atoms. The molecule has 110 valence electrons. The average Bonchev–Trinajstić information content (AvgIpc) is 2.28. The van der Waals surface area contributed by atoms with Crippen LogP contribution in [0.2, 0.25) is 0 Å². The highest BCUT2D eigenvalue weighted by atomic mass is 35.5. The van der Waals surface area contributed by atoms with E-state index >= 15 is 0 Å². The second-order valence-corrected chi connectivity index (χ2v) is 6.66. The minimum atomic E-state index is -3.42. The Labute approximate surface area is 122 Å². The quantitative estimate of drug-likeness (QED) is 0.846. The van der Waals surface area contributed by atoms with Gasteiger partial charge in [-0.2, -0.15) is 0 Å². The van der Waals surface area contributed by atoms with Gasteiger partial charge in [-0.25, -0.2) is 13.1 Å². The van der Waals surface area contributed by atoms with E-state index in [-0.39, 0.29) is 18.4 Å². The van der Waals surface area contributed by atoms with Crippen LogP contribution in [-0.2, 0) is 10.0 Å². The largest absolute Gasteiger partial charge is 0.328 e. The van der Waals surface area contributed by atoms with Gasteiger partial charge >= 0.3 is 0 Å². The SMILES string of the molecule is CC(N)CCNS(=O)(=O)c1cccc(C(C)C)c1.Cl. The van der Waals surface area contributed by atoms with Crippen LogP contribution in [0.5, 0.6) is 0 Å². The van der Waals surface area contributed by atoms with E-state index in [1.165, 1.54) is 0 Å². The zero-order chi connectivity index (χ0) is 13.8. The predicted octanol–water partition coefficient (Wildman–Crippen LogP) is 2.25. The third-order valence-corrected chi connectivity index (χ3v) is 4.19. The second-order valence-electron chi connectivity index (χ2n) is 4.89. The molecule has 1 unspecified atom stereocenters. The van der Waals surface area contributed by atoms with Crippen molar-refractivity contribution >= 4 is 22.4 Å². The topological polar surface area (TPSA) is 72.2 Å². The first-order chi connectivity index (χ1) is 8.33. The molecule has 0 heterocycles. The average molecular weight is 307 g/mol. The van der Waals surface area contributed by atoms with E-state index in [2.05, 4.69) is 4.72 Å². The van der Waals surface area contributed by atoms with Crippen molar-refractivity contribution in [2.45, 2.75) is 44.0 Å². The van der Waals surface area contributed by atoms with Crippen molar-refractivity contribution in [1.29, 1.82) is 0 Å². The van der Waals surface area contributed by atoms with E-state index in [9.17, 15) is 8.42 Å². The summed E-state index contributed by atoms with van der Waals surface area (Å²) in [5.41, 5.74) is 6.61. The number of halogens is 1. The van der Waals surface area contributed by atoms with Crippen molar-refractivity contribution < 1.29 is 8.42 Å². The lowest BCUT2D eigenvalue weighted by Gasteiger charge is -2.11. The van der Waals surface area contributed by atoms with Crippen molar-refractivity contribution in [3.8, 4) is 0 Å². The molecule has 1 aromatic rings. The molecule has 4 nitrogen and oxygen atoms in total. The van der Waals surface area contributed by atoms with E-state index in [1.54, 1.807) is 18.2 Å². The Kier molecular flexibility index (Phi) is 7.59. The molecule has 0 aliphatic rings. The van der Waals surface area contributed by atoms with Gasteiger partial charge in [0.05, 0.1) is 4.90 Å². The number of hydrogen-bond acceptors (Lipinski definition) is 3. The summed E-state index contributed by atoms with van der Waals surface area (Å²) in [6.07, 6.45) is 0.628. The van der Waals surface area contributed by atoms with Crippen LogP contribution >= 0.6 is 12.4 Å². The molecule has 0 aliphatic heterocycles. The summed E-state index contributed by atoms with van der Waals surface area (Å²) in [6, 6.07) is 7.04. The maximum Gasteiger partial charge on any atom is 0.240 e. The van der Waals surface area contributed by atoms with Crippen LogP contribution in [0.4, 0.5) is 0 Å². The van der Waals surface area contributed by atoms with Crippen molar-refractivity contribution in [3.05, 3.63) is 29.8 Å². The number of rotatable bonds is 6. The third-order valence-electron chi connectivity index (χ3n) is 2.73. The Balaban J connectivity index is 0.00000324. The fourth-order valence-electron chi connectivity index (χ4n) is 1.55. The van der Waals surface area contributed by atoms with Gasteiger partial charge in [-0.05, 0) is 37.0 Å². The highest BCUT2D eigenvalue weighted by Crippen LogP contribution is 2.18. The second kappa shape index (κ2) is 7.85. The molecule has 6 heteroatoms. The molecule has 19 heavy (non-hydrogen) atoms. The molecule has 0 amide bonds. The highest BCUT2D eigenvalue weighted by molar-refractivity contribution is 7.89. The molecular weight excluding hydrogens is 284 g/mol. The summed E-state index contributed by atoms with van der Waals surface area (Å²) < 4.78 is 26.6. The Morgan fingerprint density at radius 1 is 1.26 bits per heavy atom. The number of hydrogen-bond donors (Lipinski definition) is 2. The minimum Gasteiger partial charge on any atom is -0.328 e. The number of benzene rings is 1. The number of sulfonamides is 1. The predicted molar refractivity (Wildman–Crippen MR) is 81.2 cm³/mol. The molecule has 0 saturated heterocycles. The van der Waals surface area contributed by atoms with Gasteiger partial charge < -0.3 is 5.73 Å². The smallest absolute Gasteiger partial charge is 0.240 e. The van der Waals surface area contributed by atoms with Gasteiger partial charge in [-0.15, -0.1) is 12.4 Å². The highest BCUT2D eigenvalue weighted by Gasteiger charge is 2.14. The molecular formula is C13H23ClN2O2S. The van der Waals surface area contributed by atoms with Crippen molar-refractivity contribution in [1.82, 2.24) is 4.72 Å². The van der Waals surface area contributed by atoms with Crippen molar-refractivity contribution in [3.63, 3.8) is 0 Å². The molecule has 0 saturated carbocycles. The normalized spacial score (nSPS) is 13.1. The van der Waals surface area contributed by atoms with E-state index < -0.39 is 10.0 Å². The zero-order valence-corrected chi connectivity index (χ0v) is 13.2. The summed E-state index contributed by atoms with van der Waals surface area (Å²) >= 11 is 0. The summed E-state index contributed by atoms with van der Waals surface area (Å²) in [7, 11) is -3.42. The lowest BCUT2D eigenvalue weighted by Crippen LogP contribution is -2.29. The van der Waals surface area contributed by atoms with Crippen LogP contribution in [-0.4, -0.2) is 21.0 Å². The first-order valence-corrected chi connectivity index (χ1v) is 7.66. The molecule has 0 radical (unpaired) electrons. The lowest BCUT2D eigenvalue weighted by atomic mass is 10.0. The minimum absolute atomic E-state index is 0. The monoisotopic (exact) mass is 306 g/mol. The summed E-state index contributed by atoms with van der Waals surface area (Å²) in [6.45, 7) is 6.30. The lowest BCUT2D eigenvalue weighted by molar-refractivity contribution is 0.571. The van der Waals surface area contributed by atoms with E-state index in [0.717, 1.165) is 5.56 Å². The van der Waals surface area contributed by atoms with Crippen LogP contribution in [0.1, 0.15) is 38.7 Å². The van der Waals surface area contributed by atoms with E-state index in [1.807, 2.05) is 26.8 Å². The first-order valence-electron chi connectivity index (χ1n) is 6.18. The van der Waals surface area contributed by atoms with Crippen LogP contribution in [0.3, 0.4) is 0 Å². The van der Waals surface area contributed by atoms with E-state index in [4.69, 9.17) is 5.73 Å². The van der Waals surface area contributed by atoms with Crippen LogP contribution in [0.25, 0.3) is 0 Å². The van der Waals surface area contributed by atoms with Gasteiger partial charge in [0.25, 0.3) is 0 Å². The molecule has 1 rings (SSSR count). The van der Waals surface area contributed by atoms with Gasteiger partial charge in [0.1, 0.15) is 0 Å². The van der Waals surface area contributed by atoms with Gasteiger partial charge in [-0.3, -0.25) is 0 Å². The number of nitrogens with one attached hydrogen (secondary N) is 1. The number of nitrogens with two attached hydrogens (primary N) is 1. The third kappa shape index (κ3) is 5.91. The van der Waals surface area contributed by atoms with E-state index in [0.29, 0.717) is 23.8 Å². The molecule has 0 aliphatic carbocycles. The molecule has 0 aromatic heterocycles. The molecule has 0 spiro atoms. The van der Waals surface area contributed by atoms with Gasteiger partial charge in [0, 0.05) is 12.6 Å². The summed E-state index contributed by atoms with van der Waals surface area (Å²) in [4.78, 5) is 0.318. The standard InChI is InChI=1S/C13H22N2O2S.ClH/c1-10(2)12-5-4-6-13(9-12)18(16,17)15-8-7-11(3)14;/h4-6,9-11,15H,7-8,14H2,1-3H3;1H. The Morgan fingerprint density at radius 2 is 1.89 bits per heavy atom. The van der Waals surface area contributed by atoms with Gasteiger partial charge in [0.2, 0.25) is 10.0 Å². The molecule has 1 aromatic carbocycles. The maximum absolute atomic E-state index is 12.0. The fraction of sp³-hybridized carbons (Fsp3) is 0.538. The Bertz CT molecular complexity index is 487. The van der Waals surface area contributed by atoms with Gasteiger partial charge in [-0.1, -0.05) is 26.0 Å². The Hall–Kier alpha value is -0.620. The van der Waals surface area contributed by atoms with Crippen LogP contribution in [0, 0.1) is 0 Å². The maximum atomic E-state index is 12.0. The first kappa shape index (κ1) is 18.4. The zero-order valence-electron chi connectivity index (χ0n) is 11.6. The molecule has 1 atom stereocenters. The van der Waals surface area contributed by atoms with Crippen LogP contribution < -0.4 is 10.5 Å². The van der Waals surface area contributed by atoms with Gasteiger partial charge in [0.15, 0.2) is 0 Å². The summed E-state index contributed by atoms with van der Waals surface area (Å²) in [5.74, 6) is 0.309. The fourth-order valence-corrected chi connectivity index (χ4v) is 2.65.